The first-order valence-electron chi connectivity index (χ1n) is 6.96. The van der Waals surface area contributed by atoms with Crippen LogP contribution in [0, 0.1) is 17.1 Å². The minimum atomic E-state index is -0.384. The van der Waals surface area contributed by atoms with Gasteiger partial charge in [0.25, 0.3) is 5.91 Å². The molecule has 1 aromatic carbocycles. The third-order valence-corrected chi connectivity index (χ3v) is 3.03. The monoisotopic (exact) mass is 291 g/mol. The maximum Gasteiger partial charge on any atom is 0.257 e. The molecule has 5 nitrogen and oxygen atoms in total. The summed E-state index contributed by atoms with van der Waals surface area (Å²) in [5, 5.41) is 14.2. The first kappa shape index (κ1) is 15.3. The van der Waals surface area contributed by atoms with Crippen LogP contribution in [0.1, 0.15) is 24.8 Å². The fraction of sp³-hybridized carbons (Fsp3) is 0.467. The van der Waals surface area contributed by atoms with Gasteiger partial charge in [-0.1, -0.05) is 0 Å². The van der Waals surface area contributed by atoms with Crippen LogP contribution in [0.4, 0.5) is 4.39 Å². The van der Waals surface area contributed by atoms with E-state index in [1.54, 1.807) is 6.07 Å². The molecule has 0 unspecified atom stereocenters. The van der Waals surface area contributed by atoms with Gasteiger partial charge in [0.2, 0.25) is 0 Å². The molecule has 1 aromatic rings. The van der Waals surface area contributed by atoms with E-state index in [-0.39, 0.29) is 24.8 Å². The average molecular weight is 291 g/mol. The highest BCUT2D eigenvalue weighted by atomic mass is 19.1. The lowest BCUT2D eigenvalue weighted by atomic mass is 10.2. The topological polar surface area (TPSA) is 74.2 Å². The summed E-state index contributed by atoms with van der Waals surface area (Å²) in [6.45, 7) is 0.690. The lowest BCUT2D eigenvalue weighted by Gasteiger charge is -2.09. The fourth-order valence-electron chi connectivity index (χ4n) is 1.81. The number of nitrogens with one attached hydrogen (secondary N) is 2. The summed E-state index contributed by atoms with van der Waals surface area (Å²) in [5.41, 5.74) is 0.793. The van der Waals surface area contributed by atoms with E-state index >= 15 is 0 Å². The van der Waals surface area contributed by atoms with Crippen molar-refractivity contribution in [2.75, 3.05) is 13.2 Å². The van der Waals surface area contributed by atoms with Crippen LogP contribution in [-0.4, -0.2) is 25.1 Å². The summed E-state index contributed by atoms with van der Waals surface area (Å²) in [5.74, 6) is -0.379. The lowest BCUT2D eigenvalue weighted by molar-refractivity contribution is -0.123. The third kappa shape index (κ3) is 5.79. The number of ether oxygens (including phenoxy) is 1. The van der Waals surface area contributed by atoms with Crippen LogP contribution in [0.5, 0.6) is 5.75 Å². The lowest BCUT2D eigenvalue weighted by Crippen LogP contribution is -2.29. The number of hydrogen-bond donors (Lipinski definition) is 2. The Bertz CT molecular complexity index is 538. The van der Waals surface area contributed by atoms with Gasteiger partial charge in [0.15, 0.2) is 6.61 Å². The summed E-state index contributed by atoms with van der Waals surface area (Å²) < 4.78 is 18.8. The summed E-state index contributed by atoms with van der Waals surface area (Å²) in [6.07, 6.45) is 2.59. The Morgan fingerprint density at radius 3 is 2.95 bits per heavy atom. The Kier molecular flexibility index (Phi) is 5.52. The summed E-state index contributed by atoms with van der Waals surface area (Å²) in [6, 6.07) is 6.90. The predicted octanol–water partition coefficient (Wildman–Crippen LogP) is 1.49. The molecule has 2 N–H and O–H groups in total. The van der Waals surface area contributed by atoms with Crippen LogP contribution in [0.3, 0.4) is 0 Å². The van der Waals surface area contributed by atoms with Crippen LogP contribution >= 0.6 is 0 Å². The smallest absolute Gasteiger partial charge is 0.257 e. The maximum atomic E-state index is 13.5. The molecule has 0 radical (unpaired) electrons. The SMILES string of the molecule is N#CCCNC(=O)COc1cc(F)cc(CNC2CC2)c1. The molecule has 0 spiro atoms. The first-order chi connectivity index (χ1) is 10.2. The summed E-state index contributed by atoms with van der Waals surface area (Å²) in [7, 11) is 0. The van der Waals surface area contributed by atoms with Gasteiger partial charge >= 0.3 is 0 Å². The molecule has 1 amide bonds. The number of rotatable bonds is 8. The second-order valence-electron chi connectivity index (χ2n) is 5.00. The van der Waals surface area contributed by atoms with E-state index in [0.717, 1.165) is 5.56 Å². The van der Waals surface area contributed by atoms with Crippen molar-refractivity contribution in [3.63, 3.8) is 0 Å². The largest absolute Gasteiger partial charge is 0.484 e. The molecule has 0 bridgehead atoms. The van der Waals surface area contributed by atoms with Crippen molar-refractivity contribution in [2.24, 2.45) is 0 Å². The van der Waals surface area contributed by atoms with Gasteiger partial charge in [-0.25, -0.2) is 4.39 Å². The number of carbonyl (C=O) groups excluding carboxylic acids is 1. The standard InChI is InChI=1S/C15H18FN3O2/c16-12-6-11(9-19-13-2-3-13)7-14(8-12)21-10-15(20)18-5-1-4-17/h6-8,13,19H,1-3,5,9-10H2,(H,18,20). The third-order valence-electron chi connectivity index (χ3n) is 3.03. The Hall–Kier alpha value is -2.13. The normalized spacial score (nSPS) is 13.5. The number of benzene rings is 1. The summed E-state index contributed by atoms with van der Waals surface area (Å²) in [4.78, 5) is 11.4. The Morgan fingerprint density at radius 1 is 1.43 bits per heavy atom. The van der Waals surface area contributed by atoms with Crippen molar-refractivity contribution in [1.82, 2.24) is 10.6 Å². The zero-order valence-corrected chi connectivity index (χ0v) is 11.7. The van der Waals surface area contributed by atoms with E-state index in [1.165, 1.54) is 25.0 Å². The molecule has 6 heteroatoms. The van der Waals surface area contributed by atoms with Crippen LogP contribution in [0.2, 0.25) is 0 Å². The van der Waals surface area contributed by atoms with Gasteiger partial charge in [-0.2, -0.15) is 5.26 Å². The van der Waals surface area contributed by atoms with E-state index in [1.807, 2.05) is 6.07 Å². The molecule has 112 valence electrons. The first-order valence-corrected chi connectivity index (χ1v) is 6.96. The number of halogens is 1. The van der Waals surface area contributed by atoms with Gasteiger partial charge in [0.05, 0.1) is 12.5 Å². The Labute approximate surface area is 123 Å². The van der Waals surface area contributed by atoms with Crippen LogP contribution in [0.15, 0.2) is 18.2 Å². The van der Waals surface area contributed by atoms with Crippen molar-refractivity contribution >= 4 is 5.91 Å². The number of hydrogen-bond acceptors (Lipinski definition) is 4. The van der Waals surface area contributed by atoms with Crippen LogP contribution in [0.25, 0.3) is 0 Å². The number of nitriles is 1. The van der Waals surface area contributed by atoms with Crippen molar-refractivity contribution in [3.8, 4) is 11.8 Å². The minimum Gasteiger partial charge on any atom is -0.484 e. The van der Waals surface area contributed by atoms with Gasteiger partial charge in [-0.3, -0.25) is 4.79 Å². The zero-order valence-electron chi connectivity index (χ0n) is 11.7. The molecule has 1 aliphatic rings. The highest BCUT2D eigenvalue weighted by Gasteiger charge is 2.20. The number of nitrogens with zero attached hydrogens (tertiary/aromatic N) is 1. The van der Waals surface area contributed by atoms with Crippen LogP contribution in [-0.2, 0) is 11.3 Å². The zero-order chi connectivity index (χ0) is 15.1. The molecule has 1 aliphatic carbocycles. The number of carbonyl (C=O) groups is 1. The van der Waals surface area contributed by atoms with E-state index in [0.29, 0.717) is 24.9 Å². The average Bonchev–Trinajstić information content (AvgIpc) is 3.27. The molecule has 1 fully saturated rings. The van der Waals surface area contributed by atoms with Gasteiger partial charge in [-0.05, 0) is 30.5 Å². The second-order valence-corrected chi connectivity index (χ2v) is 5.00. The molecule has 0 saturated heterocycles. The molecule has 2 rings (SSSR count). The quantitative estimate of drug-likeness (QED) is 0.712. The van der Waals surface area contributed by atoms with E-state index < -0.39 is 0 Å². The van der Waals surface area contributed by atoms with E-state index in [9.17, 15) is 9.18 Å². The van der Waals surface area contributed by atoms with Gasteiger partial charge in [0.1, 0.15) is 11.6 Å². The van der Waals surface area contributed by atoms with Crippen molar-refractivity contribution in [1.29, 1.82) is 5.26 Å². The highest BCUT2D eigenvalue weighted by Crippen LogP contribution is 2.21. The van der Waals surface area contributed by atoms with Crippen molar-refractivity contribution in [2.45, 2.75) is 31.8 Å². The molecule has 0 atom stereocenters. The van der Waals surface area contributed by atoms with Crippen molar-refractivity contribution in [3.05, 3.63) is 29.6 Å². The molecular formula is C15H18FN3O2. The van der Waals surface area contributed by atoms with Gasteiger partial charge in [-0.15, -0.1) is 0 Å². The Balaban J connectivity index is 1.81. The molecule has 0 aromatic heterocycles. The van der Waals surface area contributed by atoms with Crippen LogP contribution < -0.4 is 15.4 Å². The highest BCUT2D eigenvalue weighted by molar-refractivity contribution is 5.77. The molecule has 21 heavy (non-hydrogen) atoms. The molecule has 1 saturated carbocycles. The molecule has 0 heterocycles. The summed E-state index contributed by atoms with van der Waals surface area (Å²) >= 11 is 0. The van der Waals surface area contributed by atoms with Crippen molar-refractivity contribution < 1.29 is 13.9 Å². The second kappa shape index (κ2) is 7.60. The van der Waals surface area contributed by atoms with Gasteiger partial charge in [0, 0.05) is 25.2 Å². The van der Waals surface area contributed by atoms with Gasteiger partial charge < -0.3 is 15.4 Å². The Morgan fingerprint density at radius 2 is 2.24 bits per heavy atom. The predicted molar refractivity (Wildman–Crippen MR) is 75.0 cm³/mol. The fourth-order valence-corrected chi connectivity index (χ4v) is 1.81. The molecular weight excluding hydrogens is 273 g/mol. The molecule has 0 aliphatic heterocycles. The number of amides is 1. The van der Waals surface area contributed by atoms with E-state index in [2.05, 4.69) is 10.6 Å². The van der Waals surface area contributed by atoms with E-state index in [4.69, 9.17) is 10.00 Å². The maximum absolute atomic E-state index is 13.5. The minimum absolute atomic E-state index is 0.190.